The Balaban J connectivity index is 1.82. The van der Waals surface area contributed by atoms with E-state index in [1.165, 1.54) is 16.4 Å². The van der Waals surface area contributed by atoms with Gasteiger partial charge in [-0.1, -0.05) is 35.9 Å². The van der Waals surface area contributed by atoms with E-state index in [-0.39, 0.29) is 10.5 Å². The highest BCUT2D eigenvalue weighted by molar-refractivity contribution is 7.89. The smallest absolute Gasteiger partial charge is 0.339 e. The number of morpholine rings is 1. The van der Waals surface area contributed by atoms with Crippen LogP contribution in [0.4, 0.5) is 0 Å². The van der Waals surface area contributed by atoms with Gasteiger partial charge in [0.25, 0.3) is 0 Å². The predicted molar refractivity (Wildman–Crippen MR) is 106 cm³/mol. The molecule has 1 atom stereocenters. The van der Waals surface area contributed by atoms with E-state index in [9.17, 15) is 13.2 Å². The van der Waals surface area contributed by atoms with E-state index in [0.717, 1.165) is 11.1 Å². The van der Waals surface area contributed by atoms with Crippen molar-refractivity contribution in [1.29, 1.82) is 0 Å². The predicted octanol–water partition coefficient (Wildman–Crippen LogP) is 3.24. The van der Waals surface area contributed by atoms with Gasteiger partial charge in [-0.15, -0.1) is 0 Å². The number of sulfonamides is 1. The Morgan fingerprint density at radius 1 is 1.07 bits per heavy atom. The van der Waals surface area contributed by atoms with Crippen molar-refractivity contribution < 1.29 is 22.7 Å². The molecule has 1 heterocycles. The average Bonchev–Trinajstić information content (AvgIpc) is 2.69. The molecule has 150 valence electrons. The van der Waals surface area contributed by atoms with Crippen LogP contribution in [0.1, 0.15) is 40.1 Å². The van der Waals surface area contributed by atoms with Crippen LogP contribution < -0.4 is 0 Å². The maximum atomic E-state index is 12.9. The topological polar surface area (TPSA) is 72.9 Å². The molecule has 6 nitrogen and oxygen atoms in total. The third-order valence-electron chi connectivity index (χ3n) is 4.87. The van der Waals surface area contributed by atoms with Gasteiger partial charge in [0.15, 0.2) is 0 Å². The second kappa shape index (κ2) is 8.43. The van der Waals surface area contributed by atoms with Crippen molar-refractivity contribution in [1.82, 2.24) is 4.31 Å². The van der Waals surface area contributed by atoms with Crippen molar-refractivity contribution in [2.24, 2.45) is 0 Å². The number of benzene rings is 2. The molecule has 1 aliphatic heterocycles. The molecular formula is C21H25NO5S. The Labute approximate surface area is 166 Å². The first-order chi connectivity index (χ1) is 13.3. The van der Waals surface area contributed by atoms with Gasteiger partial charge in [-0.25, -0.2) is 13.2 Å². The molecule has 0 N–H and O–H groups in total. The summed E-state index contributed by atoms with van der Waals surface area (Å²) in [5.41, 5.74) is 2.93. The van der Waals surface area contributed by atoms with Gasteiger partial charge in [0.2, 0.25) is 10.0 Å². The molecule has 0 saturated carbocycles. The van der Waals surface area contributed by atoms with Crippen LogP contribution in [0.25, 0.3) is 0 Å². The number of hydrogen-bond acceptors (Lipinski definition) is 5. The van der Waals surface area contributed by atoms with Crippen LogP contribution >= 0.6 is 0 Å². The Bertz CT molecular complexity index is 947. The van der Waals surface area contributed by atoms with Crippen LogP contribution in [0.15, 0.2) is 47.4 Å². The third-order valence-corrected chi connectivity index (χ3v) is 6.76. The van der Waals surface area contributed by atoms with Crippen molar-refractivity contribution in [3.05, 3.63) is 64.7 Å². The monoisotopic (exact) mass is 403 g/mol. The minimum atomic E-state index is -3.67. The molecule has 1 aliphatic rings. The fourth-order valence-electron chi connectivity index (χ4n) is 3.05. The van der Waals surface area contributed by atoms with Gasteiger partial charge in [0.1, 0.15) is 6.10 Å². The van der Waals surface area contributed by atoms with E-state index >= 15 is 0 Å². The summed E-state index contributed by atoms with van der Waals surface area (Å²) in [5, 5.41) is 0. The largest absolute Gasteiger partial charge is 0.454 e. The summed E-state index contributed by atoms with van der Waals surface area (Å²) in [5.74, 6) is -0.537. The number of carbonyl (C=O) groups is 1. The van der Waals surface area contributed by atoms with Crippen molar-refractivity contribution >= 4 is 16.0 Å². The molecule has 0 amide bonds. The molecule has 0 aromatic heterocycles. The molecule has 0 radical (unpaired) electrons. The lowest BCUT2D eigenvalue weighted by molar-refractivity contribution is 0.0336. The lowest BCUT2D eigenvalue weighted by atomic mass is 10.1. The van der Waals surface area contributed by atoms with E-state index in [1.54, 1.807) is 19.9 Å². The number of nitrogens with zero attached hydrogens (tertiary/aromatic N) is 1. The molecule has 7 heteroatoms. The number of esters is 1. The zero-order valence-electron chi connectivity index (χ0n) is 16.3. The first kappa shape index (κ1) is 20.5. The molecule has 1 saturated heterocycles. The molecular weight excluding hydrogens is 378 g/mol. The number of aryl methyl sites for hydroxylation is 2. The number of hydrogen-bond donors (Lipinski definition) is 0. The van der Waals surface area contributed by atoms with Crippen molar-refractivity contribution in [3.8, 4) is 0 Å². The summed E-state index contributed by atoms with van der Waals surface area (Å²) in [6, 6.07) is 12.3. The van der Waals surface area contributed by atoms with Crippen LogP contribution in [-0.2, 0) is 19.5 Å². The zero-order chi connectivity index (χ0) is 20.3. The highest BCUT2D eigenvalue weighted by atomic mass is 32.2. The third kappa shape index (κ3) is 4.43. The number of rotatable bonds is 5. The summed E-state index contributed by atoms with van der Waals surface area (Å²) in [4.78, 5) is 12.8. The Morgan fingerprint density at radius 2 is 1.71 bits per heavy atom. The molecule has 3 rings (SSSR count). The van der Waals surface area contributed by atoms with Gasteiger partial charge >= 0.3 is 5.97 Å². The van der Waals surface area contributed by atoms with E-state index in [4.69, 9.17) is 9.47 Å². The van der Waals surface area contributed by atoms with E-state index in [0.29, 0.717) is 31.9 Å². The first-order valence-corrected chi connectivity index (χ1v) is 10.7. The molecule has 2 aromatic rings. The Kier molecular flexibility index (Phi) is 6.17. The Morgan fingerprint density at radius 3 is 2.36 bits per heavy atom. The molecule has 0 aliphatic carbocycles. The summed E-state index contributed by atoms with van der Waals surface area (Å²) >= 11 is 0. The van der Waals surface area contributed by atoms with Crippen molar-refractivity contribution in [3.63, 3.8) is 0 Å². The van der Waals surface area contributed by atoms with Gasteiger partial charge in [-0.3, -0.25) is 0 Å². The summed E-state index contributed by atoms with van der Waals surface area (Å²) in [6.45, 7) is 6.90. The maximum Gasteiger partial charge on any atom is 0.339 e. The van der Waals surface area contributed by atoms with E-state index < -0.39 is 22.1 Å². The van der Waals surface area contributed by atoms with E-state index in [1.807, 2.05) is 31.2 Å². The fraction of sp³-hybridized carbons (Fsp3) is 0.381. The zero-order valence-corrected chi connectivity index (χ0v) is 17.2. The minimum absolute atomic E-state index is 0.0925. The SMILES string of the molecule is Cc1ccc([C@H](C)OC(=O)c2cc(S(=O)(=O)N3CCOCC3)ccc2C)cc1. The normalized spacial score (nSPS) is 16.5. The second-order valence-electron chi connectivity index (χ2n) is 6.95. The van der Waals surface area contributed by atoms with Crippen LogP contribution in [0.2, 0.25) is 0 Å². The van der Waals surface area contributed by atoms with Gasteiger partial charge in [0.05, 0.1) is 23.7 Å². The standard InChI is InChI=1S/C21H25NO5S/c1-15-4-7-18(8-5-15)17(3)27-21(23)20-14-19(9-6-16(20)2)28(24,25)22-10-12-26-13-11-22/h4-9,14,17H,10-13H2,1-3H3/t17-/m0/s1. The van der Waals surface area contributed by atoms with Gasteiger partial charge in [-0.2, -0.15) is 4.31 Å². The quantitative estimate of drug-likeness (QED) is 0.717. The molecule has 1 fully saturated rings. The molecule has 0 spiro atoms. The van der Waals surface area contributed by atoms with Crippen LogP contribution in [-0.4, -0.2) is 45.0 Å². The molecule has 28 heavy (non-hydrogen) atoms. The lowest BCUT2D eigenvalue weighted by Crippen LogP contribution is -2.40. The number of ether oxygens (including phenoxy) is 2. The highest BCUT2D eigenvalue weighted by Crippen LogP contribution is 2.24. The highest BCUT2D eigenvalue weighted by Gasteiger charge is 2.28. The maximum absolute atomic E-state index is 12.9. The summed E-state index contributed by atoms with van der Waals surface area (Å²) in [6.07, 6.45) is -0.438. The molecule has 0 bridgehead atoms. The minimum Gasteiger partial charge on any atom is -0.454 e. The second-order valence-corrected chi connectivity index (χ2v) is 8.89. The van der Waals surface area contributed by atoms with Crippen molar-refractivity contribution in [2.75, 3.05) is 26.3 Å². The molecule has 2 aromatic carbocycles. The van der Waals surface area contributed by atoms with Crippen LogP contribution in [0.5, 0.6) is 0 Å². The van der Waals surface area contributed by atoms with Gasteiger partial charge < -0.3 is 9.47 Å². The van der Waals surface area contributed by atoms with Gasteiger partial charge in [0, 0.05) is 13.1 Å². The summed E-state index contributed by atoms with van der Waals surface area (Å²) in [7, 11) is -3.67. The van der Waals surface area contributed by atoms with Crippen LogP contribution in [0.3, 0.4) is 0 Å². The first-order valence-electron chi connectivity index (χ1n) is 9.25. The van der Waals surface area contributed by atoms with E-state index in [2.05, 4.69) is 0 Å². The van der Waals surface area contributed by atoms with Crippen LogP contribution in [0, 0.1) is 13.8 Å². The van der Waals surface area contributed by atoms with Crippen molar-refractivity contribution in [2.45, 2.75) is 31.8 Å². The number of carbonyl (C=O) groups excluding carboxylic acids is 1. The summed E-state index contributed by atoms with van der Waals surface area (Å²) < 4.78 is 37.9. The van der Waals surface area contributed by atoms with Gasteiger partial charge in [-0.05, 0) is 44.0 Å². The lowest BCUT2D eigenvalue weighted by Gasteiger charge is -2.26. The Hall–Kier alpha value is -2.22. The fourth-order valence-corrected chi connectivity index (χ4v) is 4.48. The molecule has 0 unspecified atom stereocenters. The average molecular weight is 404 g/mol.